The minimum absolute atomic E-state index is 0.0198. The molecule has 4 nitrogen and oxygen atoms in total. The summed E-state index contributed by atoms with van der Waals surface area (Å²) in [6.45, 7) is 5.96. The molecule has 1 aromatic rings. The van der Waals surface area contributed by atoms with Crippen LogP contribution in [0.5, 0.6) is 5.75 Å². The van der Waals surface area contributed by atoms with Crippen molar-refractivity contribution in [1.29, 1.82) is 0 Å². The van der Waals surface area contributed by atoms with Gasteiger partial charge in [0, 0.05) is 23.1 Å². The maximum atomic E-state index is 11.9. The fourth-order valence-corrected chi connectivity index (χ4v) is 2.24. The zero-order valence-corrected chi connectivity index (χ0v) is 12.3. The van der Waals surface area contributed by atoms with Crippen molar-refractivity contribution < 1.29 is 14.3 Å². The van der Waals surface area contributed by atoms with Gasteiger partial charge in [0.1, 0.15) is 5.75 Å². The van der Waals surface area contributed by atoms with Crippen molar-refractivity contribution in [2.45, 2.75) is 45.6 Å². The Kier molecular flexibility index (Phi) is 4.12. The molecule has 1 aromatic carbocycles. The Balaban J connectivity index is 1.99. The number of nitrogens with one attached hydrogen (secondary N) is 1. The second-order valence-corrected chi connectivity index (χ2v) is 5.78. The number of fused-ring (bicyclic) bond motifs is 1. The van der Waals surface area contributed by atoms with Crippen molar-refractivity contribution in [2.24, 2.45) is 0 Å². The smallest absolute Gasteiger partial charge is 0.258 e. The first-order valence-electron chi connectivity index (χ1n) is 7.02. The number of carbonyl (C=O) groups is 2. The van der Waals surface area contributed by atoms with E-state index in [0.717, 1.165) is 17.5 Å². The molecule has 20 heavy (non-hydrogen) atoms. The molecule has 0 heterocycles. The monoisotopic (exact) mass is 275 g/mol. The van der Waals surface area contributed by atoms with Crippen LogP contribution >= 0.6 is 0 Å². The lowest BCUT2D eigenvalue weighted by molar-refractivity contribution is -0.124. The Morgan fingerprint density at radius 2 is 2.10 bits per heavy atom. The average Bonchev–Trinajstić information content (AvgIpc) is 2.78. The van der Waals surface area contributed by atoms with Crippen LogP contribution in [0.2, 0.25) is 0 Å². The normalized spacial score (nSPS) is 14.1. The fourth-order valence-electron chi connectivity index (χ4n) is 2.24. The van der Waals surface area contributed by atoms with E-state index in [1.165, 1.54) is 0 Å². The first kappa shape index (κ1) is 14.6. The van der Waals surface area contributed by atoms with Crippen molar-refractivity contribution in [3.63, 3.8) is 0 Å². The molecule has 1 aliphatic rings. The topological polar surface area (TPSA) is 55.4 Å². The van der Waals surface area contributed by atoms with Gasteiger partial charge in [-0.25, -0.2) is 0 Å². The molecule has 0 bridgehead atoms. The summed E-state index contributed by atoms with van der Waals surface area (Å²) in [5.41, 5.74) is 1.44. The van der Waals surface area contributed by atoms with Gasteiger partial charge in [0.05, 0.1) is 0 Å². The van der Waals surface area contributed by atoms with Crippen LogP contribution in [0.25, 0.3) is 0 Å². The number of rotatable bonds is 5. The first-order valence-corrected chi connectivity index (χ1v) is 7.02. The fraction of sp³-hybridized carbons (Fsp3) is 0.500. The van der Waals surface area contributed by atoms with Crippen molar-refractivity contribution in [1.82, 2.24) is 5.32 Å². The molecular weight excluding hydrogens is 254 g/mol. The number of ether oxygens (including phenoxy) is 1. The highest BCUT2D eigenvalue weighted by atomic mass is 16.5. The van der Waals surface area contributed by atoms with Crippen LogP contribution in [-0.4, -0.2) is 23.8 Å². The maximum Gasteiger partial charge on any atom is 0.258 e. The number of Topliss-reactive ketones (excluding diaryl/α,β-unsaturated/α-hetero) is 1. The van der Waals surface area contributed by atoms with Crippen LogP contribution in [0.3, 0.4) is 0 Å². The standard InChI is InChI=1S/C16H21NO3/c1-4-16(2,3)17-15(19)10-20-14-7-5-6-11-12(14)8-9-13(11)18/h5-7H,4,8-10H2,1-3H3,(H,17,19). The molecule has 4 heteroatoms. The summed E-state index contributed by atoms with van der Waals surface area (Å²) in [7, 11) is 0. The highest BCUT2D eigenvalue weighted by Crippen LogP contribution is 2.30. The van der Waals surface area contributed by atoms with E-state index in [2.05, 4.69) is 5.32 Å². The molecule has 0 aromatic heterocycles. The van der Waals surface area contributed by atoms with Crippen molar-refractivity contribution in [3.8, 4) is 5.75 Å². The minimum Gasteiger partial charge on any atom is -0.483 e. The molecule has 0 saturated heterocycles. The van der Waals surface area contributed by atoms with E-state index < -0.39 is 0 Å². The molecule has 0 saturated carbocycles. The summed E-state index contributed by atoms with van der Waals surface area (Å²) >= 11 is 0. The van der Waals surface area contributed by atoms with Gasteiger partial charge in [0.15, 0.2) is 12.4 Å². The summed E-state index contributed by atoms with van der Waals surface area (Å²) in [6.07, 6.45) is 2.09. The number of benzene rings is 1. The Hall–Kier alpha value is -1.84. The second-order valence-electron chi connectivity index (χ2n) is 5.78. The zero-order chi connectivity index (χ0) is 14.8. The average molecular weight is 275 g/mol. The molecule has 1 amide bonds. The van der Waals surface area contributed by atoms with Crippen LogP contribution in [0.4, 0.5) is 0 Å². The molecular formula is C16H21NO3. The number of ketones is 1. The lowest BCUT2D eigenvalue weighted by Gasteiger charge is -2.24. The van der Waals surface area contributed by atoms with E-state index in [-0.39, 0.29) is 23.8 Å². The molecule has 1 N–H and O–H groups in total. The summed E-state index contributed by atoms with van der Waals surface area (Å²) < 4.78 is 5.59. The van der Waals surface area contributed by atoms with Crippen LogP contribution < -0.4 is 10.1 Å². The predicted molar refractivity (Wildman–Crippen MR) is 77.1 cm³/mol. The molecule has 0 unspecified atom stereocenters. The van der Waals surface area contributed by atoms with Gasteiger partial charge in [0.25, 0.3) is 5.91 Å². The van der Waals surface area contributed by atoms with Crippen LogP contribution in [-0.2, 0) is 11.2 Å². The lowest BCUT2D eigenvalue weighted by Crippen LogP contribution is -2.44. The Morgan fingerprint density at radius 1 is 1.35 bits per heavy atom. The summed E-state index contributed by atoms with van der Waals surface area (Å²) in [4.78, 5) is 23.5. The van der Waals surface area contributed by atoms with E-state index in [0.29, 0.717) is 18.6 Å². The molecule has 0 fully saturated rings. The van der Waals surface area contributed by atoms with Crippen LogP contribution in [0.15, 0.2) is 18.2 Å². The van der Waals surface area contributed by atoms with Crippen molar-refractivity contribution in [2.75, 3.05) is 6.61 Å². The SMILES string of the molecule is CCC(C)(C)NC(=O)COc1cccc2c1CCC2=O. The number of amides is 1. The van der Waals surface area contributed by atoms with Gasteiger partial charge in [0.2, 0.25) is 0 Å². The van der Waals surface area contributed by atoms with E-state index in [4.69, 9.17) is 4.74 Å². The predicted octanol–water partition coefficient (Wildman–Crippen LogP) is 2.50. The van der Waals surface area contributed by atoms with Gasteiger partial charge in [-0.1, -0.05) is 19.1 Å². The van der Waals surface area contributed by atoms with Gasteiger partial charge in [-0.15, -0.1) is 0 Å². The molecule has 108 valence electrons. The molecule has 0 radical (unpaired) electrons. The van der Waals surface area contributed by atoms with Gasteiger partial charge >= 0.3 is 0 Å². The summed E-state index contributed by atoms with van der Waals surface area (Å²) in [5, 5.41) is 2.92. The van der Waals surface area contributed by atoms with Crippen molar-refractivity contribution in [3.05, 3.63) is 29.3 Å². The Bertz CT molecular complexity index is 535. The number of carbonyl (C=O) groups excluding carboxylic acids is 2. The Morgan fingerprint density at radius 3 is 2.80 bits per heavy atom. The molecule has 0 spiro atoms. The zero-order valence-electron chi connectivity index (χ0n) is 12.3. The van der Waals surface area contributed by atoms with E-state index in [9.17, 15) is 9.59 Å². The number of hydrogen-bond acceptors (Lipinski definition) is 3. The van der Waals surface area contributed by atoms with E-state index in [1.807, 2.05) is 32.9 Å². The molecule has 0 atom stereocenters. The van der Waals surface area contributed by atoms with Gasteiger partial charge < -0.3 is 10.1 Å². The lowest BCUT2D eigenvalue weighted by atomic mass is 10.0. The molecule has 1 aliphatic carbocycles. The summed E-state index contributed by atoms with van der Waals surface area (Å²) in [6, 6.07) is 5.43. The number of hydrogen-bond donors (Lipinski definition) is 1. The highest BCUT2D eigenvalue weighted by Gasteiger charge is 2.23. The van der Waals surface area contributed by atoms with Gasteiger partial charge in [-0.3, -0.25) is 9.59 Å². The third kappa shape index (κ3) is 3.18. The van der Waals surface area contributed by atoms with Crippen LogP contribution in [0.1, 0.15) is 49.5 Å². The van der Waals surface area contributed by atoms with E-state index >= 15 is 0 Å². The second kappa shape index (κ2) is 5.65. The highest BCUT2D eigenvalue weighted by molar-refractivity contribution is 6.01. The summed E-state index contributed by atoms with van der Waals surface area (Å²) in [5.74, 6) is 0.665. The van der Waals surface area contributed by atoms with Gasteiger partial charge in [-0.05, 0) is 32.8 Å². The third-order valence-corrected chi connectivity index (χ3v) is 3.76. The van der Waals surface area contributed by atoms with Crippen molar-refractivity contribution >= 4 is 11.7 Å². The third-order valence-electron chi connectivity index (χ3n) is 3.76. The largest absolute Gasteiger partial charge is 0.483 e. The first-order chi connectivity index (χ1) is 9.43. The quantitative estimate of drug-likeness (QED) is 0.898. The molecule has 2 rings (SSSR count). The maximum absolute atomic E-state index is 11.9. The minimum atomic E-state index is -0.227. The Labute approximate surface area is 119 Å². The van der Waals surface area contributed by atoms with Gasteiger partial charge in [-0.2, -0.15) is 0 Å². The van der Waals surface area contributed by atoms with Crippen LogP contribution in [0, 0.1) is 0 Å². The van der Waals surface area contributed by atoms with E-state index in [1.54, 1.807) is 6.07 Å². The molecule has 0 aliphatic heterocycles.